The van der Waals surface area contributed by atoms with Crippen LogP contribution in [0.5, 0.6) is 0 Å². The molecule has 0 amide bonds. The molecule has 0 aliphatic rings. The van der Waals surface area contributed by atoms with Crippen LogP contribution in [0.15, 0.2) is 66.4 Å². The summed E-state index contributed by atoms with van der Waals surface area (Å²) in [5, 5.41) is 2.89. The third-order valence-corrected chi connectivity index (χ3v) is 5.50. The van der Waals surface area contributed by atoms with Gasteiger partial charge in [0.25, 0.3) is 0 Å². The third kappa shape index (κ3) is 3.98. The molecule has 0 bridgehead atoms. The van der Waals surface area contributed by atoms with Crippen molar-refractivity contribution >= 4 is 17.1 Å². The van der Waals surface area contributed by atoms with Crippen LogP contribution in [0.2, 0.25) is 0 Å². The zero-order valence-corrected chi connectivity index (χ0v) is 16.3. The number of carbonyl (C=O) groups is 1. The highest BCUT2D eigenvalue weighted by Crippen LogP contribution is 2.30. The molecule has 144 valence electrons. The zero-order valence-electron chi connectivity index (χ0n) is 15.5. The average molecular weight is 406 g/mol. The fourth-order valence-electron chi connectivity index (χ4n) is 3.19. The molecular formula is C23H16F2N2OS. The van der Waals surface area contributed by atoms with E-state index in [2.05, 4.69) is 22.1 Å². The van der Waals surface area contributed by atoms with Crippen LogP contribution in [-0.4, -0.2) is 15.8 Å². The average Bonchev–Trinajstić information content (AvgIpc) is 3.24. The highest BCUT2D eigenvalue weighted by molar-refractivity contribution is 7.13. The van der Waals surface area contributed by atoms with Crippen LogP contribution in [-0.2, 0) is 6.42 Å². The summed E-state index contributed by atoms with van der Waals surface area (Å²) in [5.41, 5.74) is 4.37. The standard InChI is InChI=1S/C23H16F2N2OS/c1-14-2-5-17(23-27-8-9-29-23)11-18(14)16-6-3-15(4-7-16)10-21(28)22-19(24)12-26-13-20(22)25/h2-9,11-13H,10H2,1H3. The molecule has 3 nitrogen and oxygen atoms in total. The molecule has 0 fully saturated rings. The van der Waals surface area contributed by atoms with E-state index in [0.29, 0.717) is 5.56 Å². The molecule has 0 spiro atoms. The van der Waals surface area contributed by atoms with Gasteiger partial charge in [-0.25, -0.2) is 13.8 Å². The lowest BCUT2D eigenvalue weighted by atomic mass is 9.96. The van der Waals surface area contributed by atoms with E-state index in [4.69, 9.17) is 0 Å². The number of hydrogen-bond donors (Lipinski definition) is 0. The van der Waals surface area contributed by atoms with E-state index in [1.165, 1.54) is 0 Å². The van der Waals surface area contributed by atoms with Gasteiger partial charge in [0.1, 0.15) is 5.01 Å². The number of thiazole rings is 1. The number of pyridine rings is 1. The lowest BCUT2D eigenvalue weighted by molar-refractivity contribution is 0.0984. The van der Waals surface area contributed by atoms with Crippen molar-refractivity contribution in [2.75, 3.05) is 0 Å². The van der Waals surface area contributed by atoms with E-state index in [9.17, 15) is 13.6 Å². The van der Waals surface area contributed by atoms with Crippen molar-refractivity contribution in [1.82, 2.24) is 9.97 Å². The topological polar surface area (TPSA) is 42.9 Å². The first-order chi connectivity index (χ1) is 14.0. The Morgan fingerprint density at radius 3 is 2.34 bits per heavy atom. The van der Waals surface area contributed by atoms with Gasteiger partial charge in [-0.3, -0.25) is 9.78 Å². The first kappa shape index (κ1) is 19.1. The maximum absolute atomic E-state index is 13.8. The molecule has 2 aromatic carbocycles. The van der Waals surface area contributed by atoms with E-state index in [0.717, 1.165) is 39.7 Å². The van der Waals surface area contributed by atoms with Crippen LogP contribution in [0.1, 0.15) is 21.5 Å². The molecule has 0 saturated carbocycles. The molecular weight excluding hydrogens is 390 g/mol. The Morgan fingerprint density at radius 1 is 1.00 bits per heavy atom. The molecule has 4 aromatic rings. The van der Waals surface area contributed by atoms with Gasteiger partial charge in [-0.15, -0.1) is 11.3 Å². The quantitative estimate of drug-likeness (QED) is 0.389. The van der Waals surface area contributed by atoms with Crippen molar-refractivity contribution in [2.45, 2.75) is 13.3 Å². The molecule has 0 saturated heterocycles. The van der Waals surface area contributed by atoms with Crippen LogP contribution in [0, 0.1) is 18.6 Å². The predicted molar refractivity (Wildman–Crippen MR) is 110 cm³/mol. The van der Waals surface area contributed by atoms with Crippen LogP contribution in [0.4, 0.5) is 8.78 Å². The molecule has 0 unspecified atom stereocenters. The molecule has 0 atom stereocenters. The molecule has 0 N–H and O–H groups in total. The van der Waals surface area contributed by atoms with Crippen molar-refractivity contribution in [2.24, 2.45) is 0 Å². The smallest absolute Gasteiger partial charge is 0.173 e. The summed E-state index contributed by atoms with van der Waals surface area (Å²) >= 11 is 1.58. The molecule has 2 aromatic heterocycles. The fraction of sp³-hybridized carbons (Fsp3) is 0.0870. The fourth-order valence-corrected chi connectivity index (χ4v) is 3.82. The molecule has 6 heteroatoms. The van der Waals surface area contributed by atoms with Crippen molar-refractivity contribution in [3.63, 3.8) is 0 Å². The minimum atomic E-state index is -0.943. The Bertz CT molecular complexity index is 1150. The SMILES string of the molecule is Cc1ccc(-c2nccs2)cc1-c1ccc(CC(=O)c2c(F)cncc2F)cc1. The highest BCUT2D eigenvalue weighted by Gasteiger charge is 2.18. The largest absolute Gasteiger partial charge is 0.294 e. The minimum Gasteiger partial charge on any atom is -0.294 e. The van der Waals surface area contributed by atoms with Crippen molar-refractivity contribution in [3.8, 4) is 21.7 Å². The van der Waals surface area contributed by atoms with Gasteiger partial charge in [-0.05, 0) is 35.2 Å². The van der Waals surface area contributed by atoms with Crippen molar-refractivity contribution < 1.29 is 13.6 Å². The second-order valence-electron chi connectivity index (χ2n) is 6.64. The lowest BCUT2D eigenvalue weighted by Crippen LogP contribution is -2.09. The summed E-state index contributed by atoms with van der Waals surface area (Å²) in [6, 6.07) is 13.6. The van der Waals surface area contributed by atoms with Gasteiger partial charge in [0, 0.05) is 23.6 Å². The van der Waals surface area contributed by atoms with Crippen LogP contribution in [0.25, 0.3) is 21.7 Å². The molecule has 29 heavy (non-hydrogen) atoms. The summed E-state index contributed by atoms with van der Waals surface area (Å²) in [6.07, 6.45) is 3.38. The predicted octanol–water partition coefficient (Wildman–Crippen LogP) is 5.88. The summed E-state index contributed by atoms with van der Waals surface area (Å²) in [7, 11) is 0. The number of benzene rings is 2. The maximum Gasteiger partial charge on any atom is 0.173 e. The van der Waals surface area contributed by atoms with Gasteiger partial charge in [0.15, 0.2) is 17.4 Å². The van der Waals surface area contributed by atoms with Crippen LogP contribution >= 0.6 is 11.3 Å². The second-order valence-corrected chi connectivity index (χ2v) is 7.54. The Labute approximate surface area is 170 Å². The van der Waals surface area contributed by atoms with E-state index in [1.54, 1.807) is 29.7 Å². The van der Waals surface area contributed by atoms with E-state index in [-0.39, 0.29) is 6.42 Å². The molecule has 0 aliphatic carbocycles. The van der Waals surface area contributed by atoms with Gasteiger partial charge in [0.2, 0.25) is 0 Å². The van der Waals surface area contributed by atoms with Crippen molar-refractivity contribution in [3.05, 3.63) is 94.8 Å². The van der Waals surface area contributed by atoms with E-state index >= 15 is 0 Å². The summed E-state index contributed by atoms with van der Waals surface area (Å²) in [5.74, 6) is -2.50. The Balaban J connectivity index is 1.59. The van der Waals surface area contributed by atoms with Crippen molar-refractivity contribution in [1.29, 1.82) is 0 Å². The first-order valence-electron chi connectivity index (χ1n) is 8.95. The highest BCUT2D eigenvalue weighted by atomic mass is 32.1. The van der Waals surface area contributed by atoms with E-state index in [1.807, 2.05) is 30.5 Å². The Kier molecular flexibility index (Phi) is 5.27. The summed E-state index contributed by atoms with van der Waals surface area (Å²) < 4.78 is 27.5. The van der Waals surface area contributed by atoms with Gasteiger partial charge in [0.05, 0.1) is 18.0 Å². The molecule has 0 radical (unpaired) electrons. The number of aryl methyl sites for hydroxylation is 1. The zero-order chi connectivity index (χ0) is 20.4. The minimum absolute atomic E-state index is 0.0870. The number of carbonyl (C=O) groups excluding carboxylic acids is 1. The molecule has 2 heterocycles. The van der Waals surface area contributed by atoms with Crippen LogP contribution < -0.4 is 0 Å². The van der Waals surface area contributed by atoms with Gasteiger partial charge >= 0.3 is 0 Å². The monoisotopic (exact) mass is 406 g/mol. The third-order valence-electron chi connectivity index (χ3n) is 4.68. The van der Waals surface area contributed by atoms with Gasteiger partial charge in [-0.2, -0.15) is 0 Å². The Hall–Kier alpha value is -3.25. The van der Waals surface area contributed by atoms with Gasteiger partial charge < -0.3 is 0 Å². The second kappa shape index (κ2) is 8.01. The summed E-state index contributed by atoms with van der Waals surface area (Å²) in [4.78, 5) is 20.1. The maximum atomic E-state index is 13.8. The lowest BCUT2D eigenvalue weighted by Gasteiger charge is -2.10. The Morgan fingerprint density at radius 2 is 1.69 bits per heavy atom. The number of hydrogen-bond acceptors (Lipinski definition) is 4. The number of nitrogens with zero attached hydrogens (tertiary/aromatic N) is 2. The number of Topliss-reactive ketones (excluding diaryl/α,β-unsaturated/α-hetero) is 1. The number of aromatic nitrogens is 2. The van der Waals surface area contributed by atoms with Crippen LogP contribution in [0.3, 0.4) is 0 Å². The number of halogens is 2. The van der Waals surface area contributed by atoms with Gasteiger partial charge in [-0.1, -0.05) is 36.4 Å². The molecule has 4 rings (SSSR count). The number of rotatable bonds is 5. The normalized spacial score (nSPS) is 10.9. The number of ketones is 1. The summed E-state index contributed by atoms with van der Waals surface area (Å²) in [6.45, 7) is 2.04. The first-order valence-corrected chi connectivity index (χ1v) is 9.83. The molecule has 0 aliphatic heterocycles. The van der Waals surface area contributed by atoms with E-state index < -0.39 is 23.0 Å².